The minimum atomic E-state index is 0.141. The molecule has 0 aliphatic carbocycles. The fourth-order valence-electron chi connectivity index (χ4n) is 2.83. The van der Waals surface area contributed by atoms with Crippen molar-refractivity contribution in [2.45, 2.75) is 52.0 Å². The summed E-state index contributed by atoms with van der Waals surface area (Å²) in [5.74, 6) is 0.724. The van der Waals surface area contributed by atoms with Crippen LogP contribution in [0.3, 0.4) is 0 Å². The molecule has 3 heteroatoms. The van der Waals surface area contributed by atoms with E-state index >= 15 is 0 Å². The molecule has 0 saturated carbocycles. The Morgan fingerprint density at radius 3 is 2.45 bits per heavy atom. The summed E-state index contributed by atoms with van der Waals surface area (Å²) in [5, 5.41) is 0. The summed E-state index contributed by atoms with van der Waals surface area (Å²) in [6, 6.07) is 4.19. The highest BCUT2D eigenvalue weighted by atomic mass is 15.2. The highest BCUT2D eigenvalue weighted by Crippen LogP contribution is 2.27. The molecule has 0 aliphatic rings. The number of hydrogen-bond donors (Lipinski definition) is 1. The third-order valence-corrected chi connectivity index (χ3v) is 4.76. The van der Waals surface area contributed by atoms with Crippen LogP contribution < -0.4 is 5.73 Å². The van der Waals surface area contributed by atoms with Crippen molar-refractivity contribution in [2.24, 2.45) is 11.7 Å². The average molecular weight is 277 g/mol. The molecule has 2 unspecified atom stereocenters. The second-order valence-corrected chi connectivity index (χ2v) is 6.03. The molecule has 0 fully saturated rings. The summed E-state index contributed by atoms with van der Waals surface area (Å²) in [5.41, 5.74) is 7.63. The van der Waals surface area contributed by atoms with Crippen LogP contribution in [-0.4, -0.2) is 35.6 Å². The Balaban J connectivity index is 2.66. The third kappa shape index (κ3) is 4.57. The van der Waals surface area contributed by atoms with Crippen LogP contribution in [0.25, 0.3) is 0 Å². The lowest BCUT2D eigenvalue weighted by molar-refractivity contribution is 0.0937. The smallest absolute Gasteiger partial charge is 0.0328 e. The zero-order chi connectivity index (χ0) is 15.0. The van der Waals surface area contributed by atoms with Crippen molar-refractivity contribution in [3.8, 4) is 0 Å². The lowest BCUT2D eigenvalue weighted by Gasteiger charge is -2.42. The molecule has 0 bridgehead atoms. The molecule has 0 aliphatic heterocycles. The van der Waals surface area contributed by atoms with Gasteiger partial charge >= 0.3 is 0 Å². The maximum absolute atomic E-state index is 6.14. The minimum Gasteiger partial charge on any atom is -0.329 e. The van der Waals surface area contributed by atoms with E-state index in [-0.39, 0.29) is 5.54 Å². The van der Waals surface area contributed by atoms with E-state index in [1.165, 1.54) is 18.4 Å². The van der Waals surface area contributed by atoms with Crippen molar-refractivity contribution in [2.75, 3.05) is 20.1 Å². The topological polar surface area (TPSA) is 42.1 Å². The van der Waals surface area contributed by atoms with E-state index in [4.69, 9.17) is 5.73 Å². The molecule has 0 spiro atoms. The molecule has 0 saturated heterocycles. The first-order valence-corrected chi connectivity index (χ1v) is 7.88. The number of aromatic nitrogens is 1. The van der Waals surface area contributed by atoms with Gasteiger partial charge in [-0.3, -0.25) is 9.88 Å². The standard InChI is InChI=1S/C17H31N3/c1-5-15(3)13-17(6-2,14-18)20(4)12-9-16-7-10-19-11-8-16/h7-8,10-11,15H,5-6,9,12-14,18H2,1-4H3. The molecule has 2 atom stereocenters. The average Bonchev–Trinajstić information content (AvgIpc) is 2.51. The van der Waals surface area contributed by atoms with Gasteiger partial charge in [-0.2, -0.15) is 0 Å². The molecule has 20 heavy (non-hydrogen) atoms. The van der Waals surface area contributed by atoms with Crippen molar-refractivity contribution in [1.29, 1.82) is 0 Å². The van der Waals surface area contributed by atoms with E-state index < -0.39 is 0 Å². The Morgan fingerprint density at radius 1 is 1.30 bits per heavy atom. The fourth-order valence-corrected chi connectivity index (χ4v) is 2.83. The maximum atomic E-state index is 6.14. The molecule has 2 N–H and O–H groups in total. The second-order valence-electron chi connectivity index (χ2n) is 6.03. The van der Waals surface area contributed by atoms with Gasteiger partial charge in [-0.05, 0) is 49.9 Å². The van der Waals surface area contributed by atoms with E-state index in [0.717, 1.165) is 31.8 Å². The molecule has 1 rings (SSSR count). The Labute approximate surface area is 124 Å². The monoisotopic (exact) mass is 277 g/mol. The van der Waals surface area contributed by atoms with Crippen LogP contribution in [0.1, 0.15) is 45.6 Å². The van der Waals surface area contributed by atoms with Gasteiger partial charge in [0, 0.05) is 31.0 Å². The van der Waals surface area contributed by atoms with Gasteiger partial charge in [0.25, 0.3) is 0 Å². The van der Waals surface area contributed by atoms with Crippen molar-refractivity contribution in [1.82, 2.24) is 9.88 Å². The van der Waals surface area contributed by atoms with E-state index in [0.29, 0.717) is 0 Å². The highest BCUT2D eigenvalue weighted by molar-refractivity contribution is 5.10. The van der Waals surface area contributed by atoms with Crippen LogP contribution in [0.5, 0.6) is 0 Å². The summed E-state index contributed by atoms with van der Waals surface area (Å²) in [6.45, 7) is 8.64. The van der Waals surface area contributed by atoms with Gasteiger partial charge in [-0.15, -0.1) is 0 Å². The van der Waals surface area contributed by atoms with Gasteiger partial charge in [0.1, 0.15) is 0 Å². The van der Waals surface area contributed by atoms with Gasteiger partial charge in [-0.25, -0.2) is 0 Å². The van der Waals surface area contributed by atoms with Gasteiger partial charge in [0.15, 0.2) is 0 Å². The van der Waals surface area contributed by atoms with Gasteiger partial charge in [0.05, 0.1) is 0 Å². The van der Waals surface area contributed by atoms with Gasteiger partial charge < -0.3 is 5.73 Å². The van der Waals surface area contributed by atoms with Crippen LogP contribution in [-0.2, 0) is 6.42 Å². The summed E-state index contributed by atoms with van der Waals surface area (Å²) in [4.78, 5) is 6.54. The molecule has 1 aromatic heterocycles. The largest absolute Gasteiger partial charge is 0.329 e. The number of nitrogens with two attached hydrogens (primary N) is 1. The number of hydrogen-bond acceptors (Lipinski definition) is 3. The van der Waals surface area contributed by atoms with Crippen LogP contribution in [0, 0.1) is 5.92 Å². The molecule has 114 valence electrons. The SMILES string of the molecule is CCC(C)CC(CC)(CN)N(C)CCc1ccncc1. The van der Waals surface area contributed by atoms with E-state index in [2.05, 4.69) is 49.8 Å². The number of nitrogens with zero attached hydrogens (tertiary/aromatic N) is 2. The first kappa shape index (κ1) is 17.1. The third-order valence-electron chi connectivity index (χ3n) is 4.76. The lowest BCUT2D eigenvalue weighted by Crippen LogP contribution is -2.53. The summed E-state index contributed by atoms with van der Waals surface area (Å²) >= 11 is 0. The molecular formula is C17H31N3. The van der Waals surface area contributed by atoms with Crippen molar-refractivity contribution in [3.63, 3.8) is 0 Å². The van der Waals surface area contributed by atoms with Crippen molar-refractivity contribution >= 4 is 0 Å². The predicted octanol–water partition coefficient (Wildman–Crippen LogP) is 3.10. The van der Waals surface area contributed by atoms with Crippen LogP contribution in [0.15, 0.2) is 24.5 Å². The minimum absolute atomic E-state index is 0.141. The zero-order valence-electron chi connectivity index (χ0n) is 13.6. The Kier molecular flexibility index (Phi) is 7.17. The van der Waals surface area contributed by atoms with E-state index in [1.807, 2.05) is 12.4 Å². The van der Waals surface area contributed by atoms with Crippen molar-refractivity contribution in [3.05, 3.63) is 30.1 Å². The zero-order valence-corrected chi connectivity index (χ0v) is 13.6. The second kappa shape index (κ2) is 8.38. The summed E-state index contributed by atoms with van der Waals surface area (Å²) in [7, 11) is 2.22. The molecule has 1 heterocycles. The maximum Gasteiger partial charge on any atom is 0.0328 e. The van der Waals surface area contributed by atoms with Crippen molar-refractivity contribution < 1.29 is 0 Å². The molecule has 3 nitrogen and oxygen atoms in total. The van der Waals surface area contributed by atoms with Crippen LogP contribution in [0.4, 0.5) is 0 Å². The Hall–Kier alpha value is -0.930. The predicted molar refractivity (Wildman–Crippen MR) is 86.7 cm³/mol. The first-order valence-electron chi connectivity index (χ1n) is 7.88. The van der Waals surface area contributed by atoms with E-state index in [1.54, 1.807) is 0 Å². The van der Waals surface area contributed by atoms with Crippen LogP contribution >= 0.6 is 0 Å². The normalized spacial score (nSPS) is 16.1. The molecule has 1 aromatic rings. The number of rotatable bonds is 9. The Morgan fingerprint density at radius 2 is 1.95 bits per heavy atom. The molecule has 0 radical (unpaired) electrons. The molecule has 0 aromatic carbocycles. The molecular weight excluding hydrogens is 246 g/mol. The quantitative estimate of drug-likeness (QED) is 0.754. The van der Waals surface area contributed by atoms with Gasteiger partial charge in [0.2, 0.25) is 0 Å². The highest BCUT2D eigenvalue weighted by Gasteiger charge is 2.32. The fraction of sp³-hybridized carbons (Fsp3) is 0.706. The van der Waals surface area contributed by atoms with Gasteiger partial charge in [-0.1, -0.05) is 27.2 Å². The lowest BCUT2D eigenvalue weighted by atomic mass is 9.83. The Bertz CT molecular complexity index is 360. The van der Waals surface area contributed by atoms with Crippen LogP contribution in [0.2, 0.25) is 0 Å². The molecule has 0 amide bonds. The number of likely N-dealkylation sites (N-methyl/N-ethyl adjacent to an activating group) is 1. The summed E-state index contributed by atoms with van der Waals surface area (Å²) < 4.78 is 0. The summed E-state index contributed by atoms with van der Waals surface area (Å²) in [6.07, 6.45) is 8.31. The first-order chi connectivity index (χ1) is 9.57. The van der Waals surface area contributed by atoms with E-state index in [9.17, 15) is 0 Å². The number of pyridine rings is 1.